The smallest absolute Gasteiger partial charge is 0.276 e. The summed E-state index contributed by atoms with van der Waals surface area (Å²) in [5.41, 5.74) is 1.34. The molecule has 0 radical (unpaired) electrons. The van der Waals surface area contributed by atoms with E-state index in [2.05, 4.69) is 10.4 Å². The van der Waals surface area contributed by atoms with Crippen molar-refractivity contribution in [3.8, 4) is 5.75 Å². The first-order valence-corrected chi connectivity index (χ1v) is 8.94. The van der Waals surface area contributed by atoms with Crippen LogP contribution in [-0.2, 0) is 4.79 Å². The van der Waals surface area contributed by atoms with Crippen molar-refractivity contribution in [3.63, 3.8) is 0 Å². The number of phenolic OH excluding ortho intramolecular Hbond substituents is 1. The number of hydrogen-bond donors (Lipinski definition) is 2. The van der Waals surface area contributed by atoms with E-state index in [0.717, 1.165) is 21.9 Å². The Kier molecular flexibility index (Phi) is 3.93. The number of fused-ring (bicyclic) bond motifs is 2. The number of amides is 1. The summed E-state index contributed by atoms with van der Waals surface area (Å²) in [4.78, 5) is 17.5. The van der Waals surface area contributed by atoms with Crippen LogP contribution in [-0.4, -0.2) is 26.9 Å². The first-order chi connectivity index (χ1) is 12.2. The fraction of sp³-hybridized carbons (Fsp3) is 0.167. The maximum Gasteiger partial charge on any atom is 0.276 e. The minimum atomic E-state index is -0.455. The van der Waals surface area contributed by atoms with Crippen LogP contribution in [0.2, 0.25) is 0 Å². The molecule has 7 heteroatoms. The van der Waals surface area contributed by atoms with Crippen molar-refractivity contribution in [1.29, 1.82) is 0 Å². The molecule has 2 aromatic carbocycles. The predicted octanol–water partition coefficient (Wildman–Crippen LogP) is 1.29. The Morgan fingerprint density at radius 2 is 1.96 bits per heavy atom. The Morgan fingerprint density at radius 1 is 1.20 bits per heavy atom. The third-order valence-electron chi connectivity index (χ3n) is 3.99. The van der Waals surface area contributed by atoms with Gasteiger partial charge in [0.25, 0.3) is 5.91 Å². The number of phenols is 1. The van der Waals surface area contributed by atoms with Gasteiger partial charge >= 0.3 is 0 Å². The summed E-state index contributed by atoms with van der Waals surface area (Å²) in [6, 6.07) is 14.4. The number of hydrogen-bond acceptors (Lipinski definition) is 6. The number of thioether (sulfide) groups is 1. The molecule has 1 atom stereocenters. The molecule has 2 aliphatic rings. The van der Waals surface area contributed by atoms with Crippen molar-refractivity contribution >= 4 is 28.5 Å². The van der Waals surface area contributed by atoms with E-state index < -0.39 is 6.17 Å². The molecule has 1 unspecified atom stereocenters. The topological polar surface area (TPSA) is 77.3 Å². The Morgan fingerprint density at radius 3 is 2.72 bits per heavy atom. The SMILES string of the molecule is CCSC1=NN2C(=c3ccccc3=NC2c2ccc(O)cc2)C(=O)N1. The molecule has 0 saturated heterocycles. The highest BCUT2D eigenvalue weighted by Crippen LogP contribution is 2.31. The van der Waals surface area contributed by atoms with E-state index in [0.29, 0.717) is 10.9 Å². The van der Waals surface area contributed by atoms with Crippen molar-refractivity contribution in [1.82, 2.24) is 10.3 Å². The van der Waals surface area contributed by atoms with Gasteiger partial charge in [0.1, 0.15) is 11.4 Å². The Bertz CT molecular complexity index is 985. The molecule has 4 rings (SSSR count). The van der Waals surface area contributed by atoms with Crippen molar-refractivity contribution in [2.75, 3.05) is 5.75 Å². The van der Waals surface area contributed by atoms with Crippen LogP contribution in [0.5, 0.6) is 5.75 Å². The second-order valence-corrected chi connectivity index (χ2v) is 6.85. The summed E-state index contributed by atoms with van der Waals surface area (Å²) in [5.74, 6) is 0.809. The maximum absolute atomic E-state index is 12.7. The average Bonchev–Trinajstić information content (AvgIpc) is 2.62. The minimum Gasteiger partial charge on any atom is -0.508 e. The molecule has 126 valence electrons. The Hall–Kier alpha value is -2.80. The molecule has 2 heterocycles. The zero-order valence-electron chi connectivity index (χ0n) is 13.5. The van der Waals surface area contributed by atoms with Crippen LogP contribution in [0.1, 0.15) is 18.7 Å². The summed E-state index contributed by atoms with van der Waals surface area (Å²) in [6.07, 6.45) is -0.455. The molecule has 0 spiro atoms. The lowest BCUT2D eigenvalue weighted by atomic mass is 10.1. The summed E-state index contributed by atoms with van der Waals surface area (Å²) in [7, 11) is 0. The number of amidine groups is 1. The van der Waals surface area contributed by atoms with Crippen LogP contribution in [0.4, 0.5) is 0 Å². The van der Waals surface area contributed by atoms with E-state index in [1.807, 2.05) is 31.2 Å². The molecule has 25 heavy (non-hydrogen) atoms. The number of carbonyl (C=O) groups excluding carboxylic acids is 1. The minimum absolute atomic E-state index is 0.183. The van der Waals surface area contributed by atoms with Gasteiger partial charge in [-0.15, -0.1) is 5.10 Å². The summed E-state index contributed by atoms with van der Waals surface area (Å²) in [5, 5.41) is 20.8. The van der Waals surface area contributed by atoms with Gasteiger partial charge in [0.05, 0.1) is 5.36 Å². The van der Waals surface area contributed by atoms with Gasteiger partial charge < -0.3 is 5.11 Å². The molecule has 0 aliphatic carbocycles. The van der Waals surface area contributed by atoms with Crippen molar-refractivity contribution in [2.45, 2.75) is 13.1 Å². The van der Waals surface area contributed by atoms with Gasteiger partial charge in [-0.2, -0.15) is 0 Å². The second-order valence-electron chi connectivity index (χ2n) is 5.60. The number of aromatic hydroxyl groups is 1. The van der Waals surface area contributed by atoms with Gasteiger partial charge in [-0.1, -0.05) is 49.0 Å². The molecule has 0 fully saturated rings. The molecule has 2 N–H and O–H groups in total. The number of para-hydroxylation sites is 1. The van der Waals surface area contributed by atoms with E-state index in [1.165, 1.54) is 11.8 Å². The molecule has 2 aromatic rings. The van der Waals surface area contributed by atoms with E-state index in [4.69, 9.17) is 4.99 Å². The van der Waals surface area contributed by atoms with E-state index in [9.17, 15) is 9.90 Å². The number of carbonyl (C=O) groups is 1. The van der Waals surface area contributed by atoms with Crippen molar-refractivity contribution < 1.29 is 9.90 Å². The molecule has 6 nitrogen and oxygen atoms in total. The molecular formula is C18H16N4O2S. The van der Waals surface area contributed by atoms with Gasteiger partial charge in [0.15, 0.2) is 11.3 Å². The first kappa shape index (κ1) is 15.7. The Labute approximate surface area is 148 Å². The molecular weight excluding hydrogens is 336 g/mol. The number of rotatable bonds is 2. The van der Waals surface area contributed by atoms with Crippen LogP contribution in [0.25, 0.3) is 5.70 Å². The van der Waals surface area contributed by atoms with Crippen LogP contribution >= 0.6 is 11.8 Å². The lowest BCUT2D eigenvalue weighted by molar-refractivity contribution is -0.116. The Balaban J connectivity index is 1.94. The van der Waals surface area contributed by atoms with Gasteiger partial charge in [-0.05, 0) is 29.5 Å². The predicted molar refractivity (Wildman–Crippen MR) is 97.0 cm³/mol. The van der Waals surface area contributed by atoms with E-state index >= 15 is 0 Å². The largest absolute Gasteiger partial charge is 0.508 e. The van der Waals surface area contributed by atoms with E-state index in [-0.39, 0.29) is 11.7 Å². The number of hydrazone groups is 1. The quantitative estimate of drug-likeness (QED) is 0.854. The van der Waals surface area contributed by atoms with Crippen LogP contribution in [0.15, 0.2) is 58.6 Å². The highest BCUT2D eigenvalue weighted by Gasteiger charge is 2.34. The summed E-state index contributed by atoms with van der Waals surface area (Å²) < 4.78 is 0. The number of nitrogens with one attached hydrogen (secondary N) is 1. The maximum atomic E-state index is 12.7. The number of benzene rings is 2. The molecule has 0 aromatic heterocycles. The summed E-state index contributed by atoms with van der Waals surface area (Å²) in [6.45, 7) is 2.01. The lowest BCUT2D eigenvalue weighted by Crippen LogP contribution is -2.50. The molecule has 2 aliphatic heterocycles. The number of nitrogens with zero attached hydrogens (tertiary/aromatic N) is 3. The van der Waals surface area contributed by atoms with Gasteiger partial charge in [0.2, 0.25) is 0 Å². The zero-order chi connectivity index (χ0) is 17.4. The highest BCUT2D eigenvalue weighted by atomic mass is 32.2. The van der Waals surface area contributed by atoms with Crippen LogP contribution in [0.3, 0.4) is 0 Å². The second kappa shape index (κ2) is 6.25. The van der Waals surface area contributed by atoms with E-state index in [1.54, 1.807) is 29.3 Å². The van der Waals surface area contributed by atoms with Crippen LogP contribution in [0, 0.1) is 0 Å². The van der Waals surface area contributed by atoms with Crippen LogP contribution < -0.4 is 15.9 Å². The fourth-order valence-electron chi connectivity index (χ4n) is 2.89. The molecule has 1 amide bonds. The normalized spacial score (nSPS) is 18.7. The fourth-order valence-corrected chi connectivity index (χ4v) is 3.48. The standard InChI is InChI=1S/C18H16N4O2S/c1-2-25-18-20-17(24)15-13-5-3-4-6-14(13)19-16(22(15)21-18)11-7-9-12(23)10-8-11/h3-10,16,23H,2H2,1H3,(H,20,21,24). The molecule has 0 bridgehead atoms. The monoisotopic (exact) mass is 352 g/mol. The first-order valence-electron chi connectivity index (χ1n) is 7.95. The summed E-state index contributed by atoms with van der Waals surface area (Å²) >= 11 is 1.47. The zero-order valence-corrected chi connectivity index (χ0v) is 14.3. The van der Waals surface area contributed by atoms with Gasteiger partial charge in [-0.25, -0.2) is 5.01 Å². The lowest BCUT2D eigenvalue weighted by Gasteiger charge is -2.34. The van der Waals surface area contributed by atoms with Gasteiger partial charge in [0, 0.05) is 5.22 Å². The van der Waals surface area contributed by atoms with Gasteiger partial charge in [-0.3, -0.25) is 15.1 Å². The van der Waals surface area contributed by atoms with Crippen molar-refractivity contribution in [2.24, 2.45) is 10.1 Å². The third kappa shape index (κ3) is 2.76. The average molecular weight is 352 g/mol. The van der Waals surface area contributed by atoms with Crippen molar-refractivity contribution in [3.05, 3.63) is 64.7 Å². The third-order valence-corrected chi connectivity index (χ3v) is 4.73. The molecule has 0 saturated carbocycles. The highest BCUT2D eigenvalue weighted by molar-refractivity contribution is 8.13.